The zero-order valence-corrected chi connectivity index (χ0v) is 8.90. The molecule has 80 valence electrons. The van der Waals surface area contributed by atoms with E-state index in [1.165, 1.54) is 12.7 Å². The lowest BCUT2D eigenvalue weighted by molar-refractivity contribution is -0.271. The first-order valence-electron chi connectivity index (χ1n) is 4.74. The molecule has 0 atom stereocenters. The van der Waals surface area contributed by atoms with Crippen LogP contribution in [0.2, 0.25) is 0 Å². The molecule has 0 aliphatic heterocycles. The lowest BCUT2D eigenvalue weighted by Gasteiger charge is -1.99. The first kappa shape index (κ1) is 13.1. The minimum atomic E-state index is 0.612. The monoisotopic (exact) mass is 197 g/mol. The summed E-state index contributed by atoms with van der Waals surface area (Å²) in [6, 6.07) is 10.2. The molecule has 0 aliphatic carbocycles. The largest absolute Gasteiger partial charge is 0.331 e. The van der Waals surface area contributed by atoms with Gasteiger partial charge in [0.15, 0.2) is 0 Å². The normalized spacial score (nSPS) is 9.07. The SMILES string of the molecule is CCN.COOCCc1ccccc1. The van der Waals surface area contributed by atoms with Crippen molar-refractivity contribution in [1.29, 1.82) is 0 Å². The summed E-state index contributed by atoms with van der Waals surface area (Å²) in [5.41, 5.74) is 6.12. The summed E-state index contributed by atoms with van der Waals surface area (Å²) >= 11 is 0. The molecule has 0 fully saturated rings. The predicted octanol–water partition coefficient (Wildman–Crippen LogP) is 1.77. The molecule has 0 bridgehead atoms. The second-order valence-corrected chi connectivity index (χ2v) is 2.63. The van der Waals surface area contributed by atoms with E-state index in [9.17, 15) is 0 Å². The quantitative estimate of drug-likeness (QED) is 0.454. The van der Waals surface area contributed by atoms with Crippen LogP contribution in [0.15, 0.2) is 30.3 Å². The Kier molecular flexibility index (Phi) is 9.53. The Balaban J connectivity index is 0.000000500. The van der Waals surface area contributed by atoms with Crippen LogP contribution in [0.3, 0.4) is 0 Å². The summed E-state index contributed by atoms with van der Waals surface area (Å²) in [7, 11) is 1.52. The van der Waals surface area contributed by atoms with Gasteiger partial charge in [0.1, 0.15) is 0 Å². The maximum atomic E-state index is 4.85. The first-order valence-corrected chi connectivity index (χ1v) is 4.74. The first-order chi connectivity index (χ1) is 6.85. The molecule has 1 rings (SSSR count). The van der Waals surface area contributed by atoms with Gasteiger partial charge in [-0.2, -0.15) is 0 Å². The van der Waals surface area contributed by atoms with Gasteiger partial charge in [0.2, 0.25) is 0 Å². The van der Waals surface area contributed by atoms with E-state index in [1.807, 2.05) is 25.1 Å². The van der Waals surface area contributed by atoms with Crippen LogP contribution in [0, 0.1) is 0 Å². The summed E-state index contributed by atoms with van der Waals surface area (Å²) in [6.07, 6.45) is 0.898. The Labute approximate surface area is 85.8 Å². The molecule has 0 saturated carbocycles. The van der Waals surface area contributed by atoms with Crippen LogP contribution in [-0.2, 0) is 16.2 Å². The van der Waals surface area contributed by atoms with Crippen molar-refractivity contribution in [2.75, 3.05) is 20.3 Å². The van der Waals surface area contributed by atoms with E-state index in [0.29, 0.717) is 6.61 Å². The van der Waals surface area contributed by atoms with Gasteiger partial charge in [-0.15, -0.1) is 0 Å². The minimum absolute atomic E-state index is 0.612. The van der Waals surface area contributed by atoms with Crippen LogP contribution in [-0.4, -0.2) is 20.3 Å². The lowest BCUT2D eigenvalue weighted by atomic mass is 10.2. The number of hydrogen-bond donors (Lipinski definition) is 1. The van der Waals surface area contributed by atoms with Crippen molar-refractivity contribution >= 4 is 0 Å². The van der Waals surface area contributed by atoms with Crippen LogP contribution >= 0.6 is 0 Å². The molecule has 0 saturated heterocycles. The smallest absolute Gasteiger partial charge is 0.0862 e. The molecule has 1 aromatic carbocycles. The fourth-order valence-electron chi connectivity index (χ4n) is 0.888. The van der Waals surface area contributed by atoms with E-state index in [2.05, 4.69) is 17.0 Å². The molecule has 14 heavy (non-hydrogen) atoms. The fraction of sp³-hybridized carbons (Fsp3) is 0.455. The maximum absolute atomic E-state index is 4.85. The van der Waals surface area contributed by atoms with E-state index in [0.717, 1.165) is 13.0 Å². The molecule has 1 aromatic rings. The standard InChI is InChI=1S/C9H12O2.C2H7N/c1-10-11-8-7-9-5-3-2-4-6-9;1-2-3/h2-6H,7-8H2,1H3;2-3H2,1H3. The van der Waals surface area contributed by atoms with Gasteiger partial charge in [-0.05, 0) is 18.5 Å². The summed E-state index contributed by atoms with van der Waals surface area (Å²) in [4.78, 5) is 9.20. The van der Waals surface area contributed by atoms with Crippen LogP contribution in [0.1, 0.15) is 12.5 Å². The second kappa shape index (κ2) is 10.2. The van der Waals surface area contributed by atoms with Gasteiger partial charge >= 0.3 is 0 Å². The predicted molar refractivity (Wildman–Crippen MR) is 57.8 cm³/mol. The Bertz CT molecular complexity index is 202. The van der Waals surface area contributed by atoms with Crippen molar-refractivity contribution in [3.63, 3.8) is 0 Å². The molecule has 0 radical (unpaired) electrons. The summed E-state index contributed by atoms with van der Waals surface area (Å²) in [5, 5.41) is 0. The third-order valence-electron chi connectivity index (χ3n) is 1.43. The molecule has 0 aromatic heterocycles. The highest BCUT2D eigenvalue weighted by atomic mass is 17.2. The van der Waals surface area contributed by atoms with Gasteiger partial charge in [0.05, 0.1) is 13.7 Å². The summed E-state index contributed by atoms with van der Waals surface area (Å²) in [5.74, 6) is 0. The van der Waals surface area contributed by atoms with Crippen LogP contribution in [0.25, 0.3) is 0 Å². The number of benzene rings is 1. The highest BCUT2D eigenvalue weighted by Gasteiger charge is 1.89. The molecular formula is C11H19NO2. The molecule has 3 heteroatoms. The average molecular weight is 197 g/mol. The fourth-order valence-corrected chi connectivity index (χ4v) is 0.888. The van der Waals surface area contributed by atoms with Crippen molar-refractivity contribution in [3.05, 3.63) is 35.9 Å². The van der Waals surface area contributed by atoms with E-state index in [1.54, 1.807) is 0 Å². The van der Waals surface area contributed by atoms with Crippen molar-refractivity contribution in [1.82, 2.24) is 0 Å². The second-order valence-electron chi connectivity index (χ2n) is 2.63. The molecule has 3 nitrogen and oxygen atoms in total. The molecule has 0 heterocycles. The number of hydrogen-bond acceptors (Lipinski definition) is 3. The van der Waals surface area contributed by atoms with Gasteiger partial charge in [-0.25, -0.2) is 9.78 Å². The van der Waals surface area contributed by atoms with Crippen LogP contribution in [0.4, 0.5) is 0 Å². The summed E-state index contributed by atoms with van der Waals surface area (Å²) in [6.45, 7) is 3.26. The van der Waals surface area contributed by atoms with Gasteiger partial charge < -0.3 is 5.73 Å². The molecule has 0 unspecified atom stereocenters. The van der Waals surface area contributed by atoms with E-state index >= 15 is 0 Å². The third-order valence-corrected chi connectivity index (χ3v) is 1.43. The van der Waals surface area contributed by atoms with Crippen molar-refractivity contribution in [3.8, 4) is 0 Å². The molecule has 2 N–H and O–H groups in total. The topological polar surface area (TPSA) is 44.5 Å². The highest BCUT2D eigenvalue weighted by Crippen LogP contribution is 1.98. The zero-order chi connectivity index (χ0) is 10.6. The van der Waals surface area contributed by atoms with E-state index in [-0.39, 0.29) is 0 Å². The van der Waals surface area contributed by atoms with Crippen molar-refractivity contribution in [2.24, 2.45) is 5.73 Å². The highest BCUT2D eigenvalue weighted by molar-refractivity contribution is 5.14. The number of nitrogens with two attached hydrogens (primary N) is 1. The zero-order valence-electron chi connectivity index (χ0n) is 8.90. The van der Waals surface area contributed by atoms with Crippen molar-refractivity contribution in [2.45, 2.75) is 13.3 Å². The van der Waals surface area contributed by atoms with E-state index < -0.39 is 0 Å². The van der Waals surface area contributed by atoms with Gasteiger partial charge in [0, 0.05) is 0 Å². The Morgan fingerprint density at radius 3 is 2.29 bits per heavy atom. The minimum Gasteiger partial charge on any atom is -0.331 e. The van der Waals surface area contributed by atoms with E-state index in [4.69, 9.17) is 10.6 Å². The summed E-state index contributed by atoms with van der Waals surface area (Å²) < 4.78 is 0. The molecular weight excluding hydrogens is 178 g/mol. The lowest BCUT2D eigenvalue weighted by Crippen LogP contribution is -1.96. The van der Waals surface area contributed by atoms with Crippen LogP contribution in [0.5, 0.6) is 0 Å². The molecule has 0 spiro atoms. The van der Waals surface area contributed by atoms with Gasteiger partial charge in [-0.1, -0.05) is 37.3 Å². The Morgan fingerprint density at radius 1 is 1.21 bits per heavy atom. The Morgan fingerprint density at radius 2 is 1.79 bits per heavy atom. The third kappa shape index (κ3) is 7.73. The van der Waals surface area contributed by atoms with Crippen LogP contribution < -0.4 is 5.73 Å². The van der Waals surface area contributed by atoms with Crippen molar-refractivity contribution < 1.29 is 9.78 Å². The van der Waals surface area contributed by atoms with Gasteiger partial charge in [-0.3, -0.25) is 0 Å². The Hall–Kier alpha value is -0.900. The molecule has 0 aliphatic rings. The average Bonchev–Trinajstić information content (AvgIpc) is 2.21. The van der Waals surface area contributed by atoms with Gasteiger partial charge in [0.25, 0.3) is 0 Å². The molecule has 0 amide bonds. The number of rotatable bonds is 4. The maximum Gasteiger partial charge on any atom is 0.0862 e.